The third-order valence-corrected chi connectivity index (χ3v) is 6.90. The summed E-state index contributed by atoms with van der Waals surface area (Å²) in [5, 5.41) is 20.0. The molecule has 4 aromatic heterocycles. The predicted octanol–water partition coefficient (Wildman–Crippen LogP) is 5.44. The summed E-state index contributed by atoms with van der Waals surface area (Å²) in [6, 6.07) is 20.5. The van der Waals surface area contributed by atoms with Gasteiger partial charge in [0.1, 0.15) is 41.3 Å². The van der Waals surface area contributed by atoms with Gasteiger partial charge in [-0.2, -0.15) is 10.5 Å². The summed E-state index contributed by atoms with van der Waals surface area (Å²) in [5.74, 6) is 0.568. The predicted molar refractivity (Wildman–Crippen MR) is 148 cm³/mol. The molecule has 0 aliphatic rings. The molecule has 5 aromatic rings. The molecule has 0 N–H and O–H groups in total. The molecule has 192 valence electrons. The third kappa shape index (κ3) is 4.86. The van der Waals surface area contributed by atoms with Crippen LogP contribution in [0, 0.1) is 36.5 Å². The van der Waals surface area contributed by atoms with Crippen molar-refractivity contribution in [2.45, 2.75) is 27.0 Å². The Morgan fingerprint density at radius 3 is 2.54 bits per heavy atom. The van der Waals surface area contributed by atoms with Gasteiger partial charge in [0, 0.05) is 46.8 Å². The first-order valence-electron chi connectivity index (χ1n) is 12.1. The van der Waals surface area contributed by atoms with Crippen molar-refractivity contribution in [1.29, 1.82) is 10.5 Å². The fraction of sp³-hybridized carbons (Fsp3) is 0.167. The second-order valence-electron chi connectivity index (χ2n) is 9.16. The van der Waals surface area contributed by atoms with E-state index in [1.54, 1.807) is 24.4 Å². The summed E-state index contributed by atoms with van der Waals surface area (Å²) < 4.78 is 9.59. The van der Waals surface area contributed by atoms with Gasteiger partial charge in [-0.05, 0) is 56.3 Å². The molecule has 0 unspecified atom stereocenters. The molecule has 1 aromatic carbocycles. The zero-order valence-electron chi connectivity index (χ0n) is 21.6. The van der Waals surface area contributed by atoms with E-state index < -0.39 is 5.56 Å². The SMILES string of the molecule is Cc1cc(Cl)c(COc2cccc3c(-c4ccc(C#N)n4C)cc(C)nc23)c(Cn2cccc(C#N)c2=O)n1. The average Bonchev–Trinajstić information content (AvgIpc) is 3.29. The van der Waals surface area contributed by atoms with E-state index in [2.05, 4.69) is 11.1 Å². The molecule has 4 heterocycles. The van der Waals surface area contributed by atoms with E-state index in [1.165, 1.54) is 10.6 Å². The minimum Gasteiger partial charge on any atom is -0.486 e. The molecular weight excluding hydrogens is 512 g/mol. The van der Waals surface area contributed by atoms with E-state index in [1.807, 2.05) is 61.9 Å². The van der Waals surface area contributed by atoms with E-state index in [4.69, 9.17) is 21.3 Å². The first-order valence-corrected chi connectivity index (χ1v) is 12.5. The maximum Gasteiger partial charge on any atom is 0.268 e. The van der Waals surface area contributed by atoms with Gasteiger partial charge in [0.25, 0.3) is 5.56 Å². The molecular formula is C30H23ClN6O2. The van der Waals surface area contributed by atoms with Crippen LogP contribution >= 0.6 is 11.6 Å². The highest BCUT2D eigenvalue weighted by molar-refractivity contribution is 6.31. The lowest BCUT2D eigenvalue weighted by molar-refractivity contribution is 0.307. The normalized spacial score (nSPS) is 10.8. The van der Waals surface area contributed by atoms with Crippen LogP contribution in [0.25, 0.3) is 22.2 Å². The molecule has 0 amide bonds. The van der Waals surface area contributed by atoms with Crippen LogP contribution in [-0.2, 0) is 20.2 Å². The number of pyridine rings is 3. The van der Waals surface area contributed by atoms with Gasteiger partial charge in [0.2, 0.25) is 0 Å². The first kappa shape index (κ1) is 25.7. The van der Waals surface area contributed by atoms with Crippen LogP contribution in [-0.4, -0.2) is 19.1 Å². The van der Waals surface area contributed by atoms with Crippen LogP contribution in [0.15, 0.2) is 65.6 Å². The van der Waals surface area contributed by atoms with Gasteiger partial charge in [-0.1, -0.05) is 23.7 Å². The highest BCUT2D eigenvalue weighted by Crippen LogP contribution is 2.34. The number of benzene rings is 1. The van der Waals surface area contributed by atoms with E-state index in [9.17, 15) is 15.3 Å². The van der Waals surface area contributed by atoms with Crippen LogP contribution < -0.4 is 10.3 Å². The molecule has 0 spiro atoms. The number of aryl methyl sites for hydroxylation is 2. The highest BCUT2D eigenvalue weighted by Gasteiger charge is 2.17. The zero-order chi connectivity index (χ0) is 27.7. The Kier molecular flexibility index (Phi) is 6.89. The monoisotopic (exact) mass is 534 g/mol. The second kappa shape index (κ2) is 10.4. The zero-order valence-corrected chi connectivity index (χ0v) is 22.3. The van der Waals surface area contributed by atoms with Gasteiger partial charge in [0.05, 0.1) is 17.3 Å². The Morgan fingerprint density at radius 2 is 1.79 bits per heavy atom. The molecule has 5 rings (SSSR count). The Balaban J connectivity index is 1.54. The molecule has 8 nitrogen and oxygen atoms in total. The number of hydrogen-bond acceptors (Lipinski definition) is 6. The molecule has 0 saturated heterocycles. The topological polar surface area (TPSA) is 110 Å². The van der Waals surface area contributed by atoms with Crippen molar-refractivity contribution in [1.82, 2.24) is 19.1 Å². The summed E-state index contributed by atoms with van der Waals surface area (Å²) in [6.45, 7) is 3.98. The Labute approximate surface area is 229 Å². The van der Waals surface area contributed by atoms with Crippen LogP contribution in [0.3, 0.4) is 0 Å². The van der Waals surface area contributed by atoms with E-state index in [0.29, 0.717) is 38.9 Å². The lowest BCUT2D eigenvalue weighted by atomic mass is 10.0. The fourth-order valence-electron chi connectivity index (χ4n) is 4.63. The van der Waals surface area contributed by atoms with Crippen molar-refractivity contribution in [3.8, 4) is 29.1 Å². The summed E-state index contributed by atoms with van der Waals surface area (Å²) in [6.07, 6.45) is 1.62. The van der Waals surface area contributed by atoms with Crippen molar-refractivity contribution in [3.05, 3.63) is 110 Å². The van der Waals surface area contributed by atoms with Crippen LogP contribution in [0.5, 0.6) is 5.75 Å². The van der Waals surface area contributed by atoms with Gasteiger partial charge < -0.3 is 13.9 Å². The molecule has 0 saturated carbocycles. The summed E-state index contributed by atoms with van der Waals surface area (Å²) in [7, 11) is 1.86. The van der Waals surface area contributed by atoms with Crippen LogP contribution in [0.4, 0.5) is 0 Å². The number of para-hydroxylation sites is 1. The number of rotatable bonds is 6. The van der Waals surface area contributed by atoms with E-state index in [0.717, 1.165) is 22.3 Å². The van der Waals surface area contributed by atoms with Crippen LogP contribution in [0.1, 0.15) is 33.9 Å². The van der Waals surface area contributed by atoms with Crippen molar-refractivity contribution in [3.63, 3.8) is 0 Å². The summed E-state index contributed by atoms with van der Waals surface area (Å²) in [5.41, 5.74) is 5.48. The van der Waals surface area contributed by atoms with Crippen molar-refractivity contribution in [2.24, 2.45) is 7.05 Å². The molecule has 0 radical (unpaired) electrons. The molecule has 9 heteroatoms. The largest absolute Gasteiger partial charge is 0.486 e. The average molecular weight is 535 g/mol. The standard InChI is InChI=1S/C30H23ClN6O2/c1-18-12-23(27-10-9-21(15-33)36(27)3)22-7-4-8-28(29(22)35-18)39-17-24-25(31)13-19(2)34-26(24)16-37-11-5-6-20(14-32)30(37)38/h4-13H,16-17H2,1-3H3. The number of ether oxygens (including phenoxy) is 1. The number of halogens is 1. The van der Waals surface area contributed by atoms with Crippen molar-refractivity contribution in [2.75, 3.05) is 0 Å². The summed E-state index contributed by atoms with van der Waals surface area (Å²) >= 11 is 6.64. The maximum atomic E-state index is 12.7. The fourth-order valence-corrected chi connectivity index (χ4v) is 4.96. The van der Waals surface area contributed by atoms with E-state index in [-0.39, 0.29) is 18.7 Å². The minimum absolute atomic E-state index is 0.0576. The highest BCUT2D eigenvalue weighted by atomic mass is 35.5. The van der Waals surface area contributed by atoms with Gasteiger partial charge in [-0.3, -0.25) is 9.78 Å². The van der Waals surface area contributed by atoms with Gasteiger partial charge >= 0.3 is 0 Å². The van der Waals surface area contributed by atoms with Gasteiger partial charge in [-0.15, -0.1) is 0 Å². The number of nitrogens with zero attached hydrogens (tertiary/aromatic N) is 6. The Bertz CT molecular complexity index is 1890. The number of aromatic nitrogens is 4. The number of hydrogen-bond donors (Lipinski definition) is 0. The lowest BCUT2D eigenvalue weighted by Gasteiger charge is -2.16. The molecule has 0 atom stereocenters. The second-order valence-corrected chi connectivity index (χ2v) is 9.57. The number of nitriles is 2. The lowest BCUT2D eigenvalue weighted by Crippen LogP contribution is -2.23. The molecule has 0 aliphatic carbocycles. The molecule has 0 fully saturated rings. The van der Waals surface area contributed by atoms with Crippen molar-refractivity contribution < 1.29 is 4.74 Å². The molecule has 39 heavy (non-hydrogen) atoms. The summed E-state index contributed by atoms with van der Waals surface area (Å²) in [4.78, 5) is 22.1. The smallest absolute Gasteiger partial charge is 0.268 e. The Hall–Kier alpha value is -4.92. The van der Waals surface area contributed by atoms with Crippen LogP contribution in [0.2, 0.25) is 5.02 Å². The van der Waals surface area contributed by atoms with E-state index >= 15 is 0 Å². The maximum absolute atomic E-state index is 12.7. The Morgan fingerprint density at radius 1 is 1.00 bits per heavy atom. The molecule has 0 bridgehead atoms. The minimum atomic E-state index is -0.396. The van der Waals surface area contributed by atoms with Crippen molar-refractivity contribution >= 4 is 22.5 Å². The quantitative estimate of drug-likeness (QED) is 0.287. The molecule has 0 aliphatic heterocycles. The third-order valence-electron chi connectivity index (χ3n) is 6.56. The number of fused-ring (bicyclic) bond motifs is 1. The van der Waals surface area contributed by atoms with Gasteiger partial charge in [-0.25, -0.2) is 4.98 Å². The van der Waals surface area contributed by atoms with Gasteiger partial charge in [0.15, 0.2) is 0 Å². The first-order chi connectivity index (χ1) is 18.8.